The van der Waals surface area contributed by atoms with Gasteiger partial charge < -0.3 is 16.0 Å². The number of piperazine rings is 1. The fourth-order valence-electron chi connectivity index (χ4n) is 2.15. The van der Waals surface area contributed by atoms with Crippen molar-refractivity contribution < 1.29 is 9.59 Å². The van der Waals surface area contributed by atoms with E-state index in [4.69, 9.17) is 0 Å². The van der Waals surface area contributed by atoms with Crippen molar-refractivity contribution in [3.05, 3.63) is 24.3 Å². The topological polar surface area (TPSA) is 73.5 Å². The lowest BCUT2D eigenvalue weighted by Crippen LogP contribution is -2.46. The Morgan fingerprint density at radius 1 is 1.14 bits per heavy atom. The van der Waals surface area contributed by atoms with Crippen molar-refractivity contribution in [2.24, 2.45) is 0 Å². The molecule has 0 spiro atoms. The molecule has 2 rings (SSSR count). The number of carbonyl (C=O) groups is 2. The molecule has 1 aliphatic rings. The van der Waals surface area contributed by atoms with Crippen LogP contribution < -0.4 is 16.0 Å². The van der Waals surface area contributed by atoms with Gasteiger partial charge in [-0.3, -0.25) is 14.5 Å². The summed E-state index contributed by atoms with van der Waals surface area (Å²) >= 11 is 0. The largest absolute Gasteiger partial charge is 0.326 e. The summed E-state index contributed by atoms with van der Waals surface area (Å²) in [6.45, 7) is 5.47. The average molecular weight is 349 g/mol. The summed E-state index contributed by atoms with van der Waals surface area (Å²) < 4.78 is 0. The van der Waals surface area contributed by atoms with Crippen molar-refractivity contribution in [2.45, 2.75) is 6.92 Å². The van der Waals surface area contributed by atoms with Crippen molar-refractivity contribution in [3.8, 4) is 0 Å². The number of nitrogens with one attached hydrogen (secondary N) is 3. The first-order chi connectivity index (χ1) is 9.63. The molecule has 3 N–H and O–H groups in total. The number of benzene rings is 1. The van der Waals surface area contributed by atoms with Gasteiger partial charge in [-0.1, -0.05) is 6.07 Å². The van der Waals surface area contributed by atoms with Crippen LogP contribution in [0.5, 0.6) is 0 Å². The number of rotatable bonds is 4. The molecule has 0 unspecified atom stereocenters. The maximum atomic E-state index is 12.0. The lowest BCUT2D eigenvalue weighted by Gasteiger charge is -2.26. The monoisotopic (exact) mass is 348 g/mol. The molecule has 0 aromatic heterocycles. The smallest absolute Gasteiger partial charge is 0.238 e. The molecule has 1 aliphatic heterocycles. The van der Waals surface area contributed by atoms with E-state index in [2.05, 4.69) is 20.9 Å². The first-order valence-electron chi connectivity index (χ1n) is 6.74. The number of amides is 2. The van der Waals surface area contributed by atoms with Crippen LogP contribution in [0.3, 0.4) is 0 Å². The van der Waals surface area contributed by atoms with Gasteiger partial charge in [-0.25, -0.2) is 0 Å². The van der Waals surface area contributed by atoms with Crippen LogP contribution in [-0.2, 0) is 9.59 Å². The highest BCUT2D eigenvalue weighted by Crippen LogP contribution is 2.15. The molecule has 1 heterocycles. The minimum atomic E-state index is -0.130. The summed E-state index contributed by atoms with van der Waals surface area (Å²) in [6, 6.07) is 7.14. The summed E-state index contributed by atoms with van der Waals surface area (Å²) in [5.74, 6) is -0.166. The summed E-state index contributed by atoms with van der Waals surface area (Å²) in [5, 5.41) is 8.79. The van der Waals surface area contributed by atoms with Crippen LogP contribution in [0.4, 0.5) is 11.4 Å². The van der Waals surface area contributed by atoms with E-state index in [1.165, 1.54) is 6.92 Å². The Kier molecular flexibility index (Phi) is 9.76. The van der Waals surface area contributed by atoms with Gasteiger partial charge in [0.2, 0.25) is 11.8 Å². The molecular weight excluding hydrogens is 327 g/mol. The number of hydrogen-bond acceptors (Lipinski definition) is 4. The lowest BCUT2D eigenvalue weighted by molar-refractivity contribution is -0.117. The maximum Gasteiger partial charge on any atom is 0.238 e. The lowest BCUT2D eigenvalue weighted by atomic mass is 10.2. The van der Waals surface area contributed by atoms with Crippen LogP contribution in [0.2, 0.25) is 0 Å². The average Bonchev–Trinajstić information content (AvgIpc) is 2.39. The number of halogens is 2. The third-order valence-electron chi connectivity index (χ3n) is 3.04. The first-order valence-corrected chi connectivity index (χ1v) is 6.74. The minimum Gasteiger partial charge on any atom is -0.326 e. The Hall–Kier alpha value is -1.34. The molecule has 1 saturated heterocycles. The van der Waals surface area contributed by atoms with Gasteiger partial charge in [0.15, 0.2) is 0 Å². The highest BCUT2D eigenvalue weighted by Gasteiger charge is 2.13. The minimum absolute atomic E-state index is 0. The fraction of sp³-hybridized carbons (Fsp3) is 0.429. The number of hydrogen-bond donors (Lipinski definition) is 3. The summed E-state index contributed by atoms with van der Waals surface area (Å²) in [4.78, 5) is 25.1. The highest BCUT2D eigenvalue weighted by molar-refractivity contribution is 5.94. The van der Waals surface area contributed by atoms with Gasteiger partial charge in [-0.05, 0) is 18.2 Å². The third-order valence-corrected chi connectivity index (χ3v) is 3.04. The number of carbonyl (C=O) groups excluding carboxylic acids is 2. The number of anilines is 2. The molecule has 0 aliphatic carbocycles. The van der Waals surface area contributed by atoms with Crippen molar-refractivity contribution >= 4 is 48.0 Å². The fourth-order valence-corrected chi connectivity index (χ4v) is 2.15. The van der Waals surface area contributed by atoms with Crippen LogP contribution in [0, 0.1) is 0 Å². The van der Waals surface area contributed by atoms with Gasteiger partial charge in [0, 0.05) is 44.5 Å². The standard InChI is InChI=1S/C14H20N4O2.2ClH/c1-11(19)16-12-3-2-4-13(9-12)17-14(20)10-18-7-5-15-6-8-18;;/h2-4,9,15H,5-8,10H2,1H3,(H,16,19)(H,17,20);2*1H. The molecule has 0 radical (unpaired) electrons. The zero-order valence-electron chi connectivity index (χ0n) is 12.4. The van der Waals surface area contributed by atoms with E-state index in [1.807, 2.05) is 0 Å². The molecule has 0 atom stereocenters. The molecule has 1 aromatic carbocycles. The van der Waals surface area contributed by atoms with Crippen molar-refractivity contribution in [2.75, 3.05) is 43.4 Å². The van der Waals surface area contributed by atoms with Crippen molar-refractivity contribution in [3.63, 3.8) is 0 Å². The van der Waals surface area contributed by atoms with Crippen LogP contribution in [0.25, 0.3) is 0 Å². The Labute approximate surface area is 142 Å². The van der Waals surface area contributed by atoms with E-state index in [1.54, 1.807) is 24.3 Å². The molecule has 0 bridgehead atoms. The zero-order valence-corrected chi connectivity index (χ0v) is 14.1. The molecule has 8 heteroatoms. The number of nitrogens with zero attached hydrogens (tertiary/aromatic N) is 1. The SMILES string of the molecule is CC(=O)Nc1cccc(NC(=O)CN2CCNCC2)c1.Cl.Cl. The van der Waals surface area contributed by atoms with Gasteiger partial charge in [-0.15, -0.1) is 24.8 Å². The van der Waals surface area contributed by atoms with E-state index >= 15 is 0 Å². The van der Waals surface area contributed by atoms with E-state index in [-0.39, 0.29) is 36.6 Å². The van der Waals surface area contributed by atoms with Gasteiger partial charge in [-0.2, -0.15) is 0 Å². The molecule has 0 saturated carbocycles. The van der Waals surface area contributed by atoms with Crippen molar-refractivity contribution in [1.29, 1.82) is 0 Å². The predicted octanol–water partition coefficient (Wildman–Crippen LogP) is 1.33. The Bertz CT molecular complexity index is 493. The Balaban J connectivity index is 0.00000220. The quantitative estimate of drug-likeness (QED) is 0.767. The van der Waals surface area contributed by atoms with Gasteiger partial charge in [0.25, 0.3) is 0 Å². The second-order valence-electron chi connectivity index (χ2n) is 4.84. The second-order valence-corrected chi connectivity index (χ2v) is 4.84. The predicted molar refractivity (Wildman–Crippen MR) is 93.2 cm³/mol. The van der Waals surface area contributed by atoms with E-state index < -0.39 is 0 Å². The van der Waals surface area contributed by atoms with Crippen LogP contribution >= 0.6 is 24.8 Å². The summed E-state index contributed by atoms with van der Waals surface area (Å²) in [5.41, 5.74) is 1.37. The molecule has 2 amide bonds. The van der Waals surface area contributed by atoms with Crippen molar-refractivity contribution in [1.82, 2.24) is 10.2 Å². The zero-order chi connectivity index (χ0) is 14.4. The van der Waals surface area contributed by atoms with Gasteiger partial charge in [0.1, 0.15) is 0 Å². The van der Waals surface area contributed by atoms with Crippen LogP contribution in [0.1, 0.15) is 6.92 Å². The molecule has 22 heavy (non-hydrogen) atoms. The molecular formula is C14H22Cl2N4O2. The van der Waals surface area contributed by atoms with Crippen LogP contribution in [-0.4, -0.2) is 49.4 Å². The van der Waals surface area contributed by atoms with E-state index in [9.17, 15) is 9.59 Å². The summed E-state index contributed by atoms with van der Waals surface area (Å²) in [7, 11) is 0. The Morgan fingerprint density at radius 2 is 1.73 bits per heavy atom. The van der Waals surface area contributed by atoms with E-state index in [0.29, 0.717) is 17.9 Å². The third kappa shape index (κ3) is 7.09. The molecule has 1 fully saturated rings. The van der Waals surface area contributed by atoms with Gasteiger partial charge >= 0.3 is 0 Å². The van der Waals surface area contributed by atoms with E-state index in [0.717, 1.165) is 26.2 Å². The Morgan fingerprint density at radius 3 is 2.32 bits per heavy atom. The normalized spacial score (nSPS) is 14.2. The summed E-state index contributed by atoms with van der Waals surface area (Å²) in [6.07, 6.45) is 0. The van der Waals surface area contributed by atoms with Gasteiger partial charge in [0.05, 0.1) is 6.54 Å². The molecule has 6 nitrogen and oxygen atoms in total. The maximum absolute atomic E-state index is 12.0. The van der Waals surface area contributed by atoms with Crippen LogP contribution in [0.15, 0.2) is 24.3 Å². The second kappa shape index (κ2) is 10.4. The first kappa shape index (κ1) is 20.7. The highest BCUT2D eigenvalue weighted by atomic mass is 35.5. The molecule has 1 aromatic rings. The molecule has 124 valence electrons.